The summed E-state index contributed by atoms with van der Waals surface area (Å²) in [7, 11) is 0. The van der Waals surface area contributed by atoms with E-state index in [9.17, 15) is 14.4 Å². The summed E-state index contributed by atoms with van der Waals surface area (Å²) in [5, 5.41) is 2.51. The summed E-state index contributed by atoms with van der Waals surface area (Å²) < 4.78 is 10.8. The highest BCUT2D eigenvalue weighted by Gasteiger charge is 2.27. The maximum Gasteiger partial charge on any atom is 0.329 e. The quantitative estimate of drug-likeness (QED) is 0.301. The molecule has 6 heteroatoms. The molecule has 6 nitrogen and oxygen atoms in total. The van der Waals surface area contributed by atoms with Gasteiger partial charge in [-0.1, -0.05) is 52.4 Å². The van der Waals surface area contributed by atoms with Gasteiger partial charge in [-0.25, -0.2) is 4.79 Å². The lowest BCUT2D eigenvalue weighted by Gasteiger charge is -2.20. The fourth-order valence-corrected chi connectivity index (χ4v) is 2.99. The Hall–Kier alpha value is -1.59. The number of hydrogen-bond acceptors (Lipinski definition) is 5. The minimum atomic E-state index is -1.00. The second-order valence-corrected chi connectivity index (χ2v) is 7.70. The Kier molecular flexibility index (Phi) is 15.4. The Labute approximate surface area is 171 Å². The van der Waals surface area contributed by atoms with Gasteiger partial charge in [0.25, 0.3) is 0 Å². The zero-order chi connectivity index (χ0) is 21.4. The maximum absolute atomic E-state index is 12.4. The fourth-order valence-electron chi connectivity index (χ4n) is 2.99. The van der Waals surface area contributed by atoms with Gasteiger partial charge in [0, 0.05) is 6.92 Å². The summed E-state index contributed by atoms with van der Waals surface area (Å²) in [4.78, 5) is 36.0. The molecule has 1 N–H and O–H groups in total. The zero-order valence-electron chi connectivity index (χ0n) is 18.6. The van der Waals surface area contributed by atoms with Gasteiger partial charge in [-0.3, -0.25) is 9.59 Å². The Bertz CT molecular complexity index is 452. The topological polar surface area (TPSA) is 81.7 Å². The number of amides is 1. The van der Waals surface area contributed by atoms with Gasteiger partial charge in [-0.05, 0) is 39.5 Å². The second kappa shape index (κ2) is 16.4. The van der Waals surface area contributed by atoms with E-state index in [2.05, 4.69) is 19.2 Å². The molecule has 0 heterocycles. The molecule has 0 saturated heterocycles. The van der Waals surface area contributed by atoms with Crippen LogP contribution in [0.25, 0.3) is 0 Å². The van der Waals surface area contributed by atoms with E-state index in [1.165, 1.54) is 13.3 Å². The standard InChI is InChI=1S/C22H41NO5/c1-6-8-10-12-14-17(3)27-21(25)16-20(23-19(5)24)22(26)28-18(4)15-13-11-9-7-2/h17-18,20H,6-16H2,1-5H3,(H,23,24)/t17?,18?,20-/m0/s1. The molecule has 0 aromatic rings. The Morgan fingerprint density at radius 2 is 1.29 bits per heavy atom. The number of carbonyl (C=O) groups excluding carboxylic acids is 3. The Balaban J connectivity index is 4.44. The minimum Gasteiger partial charge on any atom is -0.463 e. The van der Waals surface area contributed by atoms with Crippen LogP contribution in [0.1, 0.15) is 105 Å². The third-order valence-corrected chi connectivity index (χ3v) is 4.61. The molecule has 0 aromatic heterocycles. The van der Waals surface area contributed by atoms with E-state index < -0.39 is 18.0 Å². The molecule has 0 bridgehead atoms. The van der Waals surface area contributed by atoms with Gasteiger partial charge in [-0.15, -0.1) is 0 Å². The first kappa shape index (κ1) is 26.4. The molecule has 3 atom stereocenters. The SMILES string of the molecule is CCCCCCC(C)OC(=O)C[C@H](NC(C)=O)C(=O)OC(C)CCCCCC. The van der Waals surface area contributed by atoms with Gasteiger partial charge in [0.2, 0.25) is 5.91 Å². The first-order chi connectivity index (χ1) is 13.3. The van der Waals surface area contributed by atoms with Crippen molar-refractivity contribution in [2.75, 3.05) is 0 Å². The number of carbonyl (C=O) groups is 3. The number of esters is 2. The maximum atomic E-state index is 12.4. The van der Waals surface area contributed by atoms with Crippen LogP contribution in [-0.4, -0.2) is 36.1 Å². The Morgan fingerprint density at radius 3 is 1.75 bits per heavy atom. The van der Waals surface area contributed by atoms with Crippen molar-refractivity contribution in [1.29, 1.82) is 0 Å². The fraction of sp³-hybridized carbons (Fsp3) is 0.864. The third-order valence-electron chi connectivity index (χ3n) is 4.61. The predicted octanol–water partition coefficient (Wildman–Crippen LogP) is 4.69. The van der Waals surface area contributed by atoms with Crippen LogP contribution < -0.4 is 5.32 Å². The molecular weight excluding hydrogens is 358 g/mol. The van der Waals surface area contributed by atoms with Gasteiger partial charge in [0.15, 0.2) is 0 Å². The molecule has 2 unspecified atom stereocenters. The van der Waals surface area contributed by atoms with Crippen molar-refractivity contribution in [2.45, 2.75) is 123 Å². The second-order valence-electron chi connectivity index (χ2n) is 7.70. The van der Waals surface area contributed by atoms with Gasteiger partial charge in [-0.2, -0.15) is 0 Å². The van der Waals surface area contributed by atoms with Crippen LogP contribution in [0.3, 0.4) is 0 Å². The number of hydrogen-bond donors (Lipinski definition) is 1. The average molecular weight is 400 g/mol. The normalized spacial score (nSPS) is 14.0. The van der Waals surface area contributed by atoms with Crippen molar-refractivity contribution in [3.8, 4) is 0 Å². The molecular formula is C22H41NO5. The van der Waals surface area contributed by atoms with Crippen LogP contribution in [0.4, 0.5) is 0 Å². The first-order valence-corrected chi connectivity index (χ1v) is 11.0. The molecule has 0 aliphatic rings. The van der Waals surface area contributed by atoms with Gasteiger partial charge in [0.05, 0.1) is 18.6 Å². The molecule has 0 aromatic carbocycles. The highest BCUT2D eigenvalue weighted by Crippen LogP contribution is 2.12. The Morgan fingerprint density at radius 1 is 0.786 bits per heavy atom. The van der Waals surface area contributed by atoms with E-state index in [4.69, 9.17) is 9.47 Å². The van der Waals surface area contributed by atoms with Gasteiger partial charge >= 0.3 is 11.9 Å². The molecule has 1 amide bonds. The minimum absolute atomic E-state index is 0.198. The van der Waals surface area contributed by atoms with E-state index >= 15 is 0 Å². The van der Waals surface area contributed by atoms with E-state index in [0.29, 0.717) is 0 Å². The average Bonchev–Trinajstić information content (AvgIpc) is 2.61. The smallest absolute Gasteiger partial charge is 0.329 e. The van der Waals surface area contributed by atoms with Crippen molar-refractivity contribution in [3.05, 3.63) is 0 Å². The van der Waals surface area contributed by atoms with Crippen LogP contribution in [0.15, 0.2) is 0 Å². The van der Waals surface area contributed by atoms with Gasteiger partial charge < -0.3 is 14.8 Å². The molecule has 0 spiro atoms. The molecule has 0 saturated carbocycles. The van der Waals surface area contributed by atoms with E-state index in [1.54, 1.807) is 0 Å². The van der Waals surface area contributed by atoms with Crippen molar-refractivity contribution >= 4 is 17.8 Å². The lowest BCUT2D eigenvalue weighted by Crippen LogP contribution is -2.43. The summed E-state index contributed by atoms with van der Waals surface area (Å²) in [6, 6.07) is -1.00. The molecule has 0 fully saturated rings. The highest BCUT2D eigenvalue weighted by atomic mass is 16.6. The number of nitrogens with one attached hydrogen (secondary N) is 1. The van der Waals surface area contributed by atoms with E-state index in [-0.39, 0.29) is 24.5 Å². The summed E-state index contributed by atoms with van der Waals surface area (Å²) in [6.07, 6.45) is 9.80. The summed E-state index contributed by atoms with van der Waals surface area (Å²) in [5.41, 5.74) is 0. The zero-order valence-corrected chi connectivity index (χ0v) is 18.6. The summed E-state index contributed by atoms with van der Waals surface area (Å²) >= 11 is 0. The van der Waals surface area contributed by atoms with Gasteiger partial charge in [0.1, 0.15) is 6.04 Å². The lowest BCUT2D eigenvalue weighted by atomic mass is 10.1. The van der Waals surface area contributed by atoms with Crippen molar-refractivity contribution in [3.63, 3.8) is 0 Å². The monoisotopic (exact) mass is 399 g/mol. The van der Waals surface area contributed by atoms with Crippen molar-refractivity contribution < 1.29 is 23.9 Å². The van der Waals surface area contributed by atoms with Crippen molar-refractivity contribution in [1.82, 2.24) is 5.32 Å². The third kappa shape index (κ3) is 14.5. The molecule has 0 radical (unpaired) electrons. The van der Waals surface area contributed by atoms with Crippen molar-refractivity contribution in [2.24, 2.45) is 0 Å². The molecule has 28 heavy (non-hydrogen) atoms. The predicted molar refractivity (Wildman–Crippen MR) is 111 cm³/mol. The molecule has 0 aliphatic heterocycles. The van der Waals surface area contributed by atoms with Crippen LogP contribution in [0.2, 0.25) is 0 Å². The summed E-state index contributed by atoms with van der Waals surface area (Å²) in [6.45, 7) is 9.30. The van der Waals surface area contributed by atoms with Crippen LogP contribution >= 0.6 is 0 Å². The van der Waals surface area contributed by atoms with Crippen LogP contribution in [0.5, 0.6) is 0 Å². The van der Waals surface area contributed by atoms with E-state index in [1.807, 2.05) is 13.8 Å². The van der Waals surface area contributed by atoms with E-state index in [0.717, 1.165) is 57.8 Å². The number of unbranched alkanes of at least 4 members (excludes halogenated alkanes) is 6. The number of ether oxygens (including phenoxy) is 2. The largest absolute Gasteiger partial charge is 0.463 e. The lowest BCUT2D eigenvalue weighted by molar-refractivity contribution is -0.158. The number of rotatable bonds is 16. The molecule has 0 rings (SSSR count). The summed E-state index contributed by atoms with van der Waals surface area (Å²) in [5.74, 6) is -1.45. The molecule has 0 aliphatic carbocycles. The first-order valence-electron chi connectivity index (χ1n) is 11.0. The highest BCUT2D eigenvalue weighted by molar-refractivity contribution is 5.87. The van der Waals surface area contributed by atoms with Crippen LogP contribution in [0, 0.1) is 0 Å². The van der Waals surface area contributed by atoms with Crippen LogP contribution in [-0.2, 0) is 23.9 Å². The molecule has 164 valence electrons.